The lowest BCUT2D eigenvalue weighted by molar-refractivity contribution is -0.167. The van der Waals surface area contributed by atoms with Gasteiger partial charge in [-0.25, -0.2) is 0 Å². The third-order valence-electron chi connectivity index (χ3n) is 2.15. The van der Waals surface area contributed by atoms with Crippen molar-refractivity contribution in [2.75, 3.05) is 5.32 Å². The first-order chi connectivity index (χ1) is 9.52. The zero-order valence-corrected chi connectivity index (χ0v) is 12.5. The standard InChI is InChI=1S/C10H6BrF8NOS/c11-2-1-6-3-7(20-9(21)10(12,13)14)5-8(4-6)22(15,16,17,18)19/h1-5H,(H,20,21). The van der Waals surface area contributed by atoms with Crippen molar-refractivity contribution in [2.45, 2.75) is 11.1 Å². The molecule has 1 N–H and O–H groups in total. The highest BCUT2D eigenvalue weighted by Gasteiger charge is 2.65. The van der Waals surface area contributed by atoms with Gasteiger partial charge < -0.3 is 5.32 Å². The molecule has 2 nitrogen and oxygen atoms in total. The molecule has 0 spiro atoms. The van der Waals surface area contributed by atoms with Gasteiger partial charge in [-0.2, -0.15) is 13.2 Å². The van der Waals surface area contributed by atoms with Crippen LogP contribution in [0.1, 0.15) is 5.56 Å². The lowest BCUT2D eigenvalue weighted by Crippen LogP contribution is -2.30. The molecule has 0 aliphatic carbocycles. The van der Waals surface area contributed by atoms with Crippen LogP contribution < -0.4 is 5.32 Å². The van der Waals surface area contributed by atoms with E-state index in [1.807, 2.05) is 0 Å². The minimum Gasteiger partial charge on any atom is -0.318 e. The first-order valence-electron chi connectivity index (χ1n) is 5.07. The van der Waals surface area contributed by atoms with Crippen LogP contribution in [0.5, 0.6) is 0 Å². The minimum absolute atomic E-state index is 0.0581. The lowest BCUT2D eigenvalue weighted by atomic mass is 10.2. The molecule has 126 valence electrons. The van der Waals surface area contributed by atoms with Crippen LogP contribution in [0.4, 0.5) is 38.3 Å². The van der Waals surface area contributed by atoms with E-state index in [9.17, 15) is 37.4 Å². The first kappa shape index (κ1) is 18.7. The van der Waals surface area contributed by atoms with E-state index < -0.39 is 38.5 Å². The van der Waals surface area contributed by atoms with Gasteiger partial charge >= 0.3 is 22.3 Å². The zero-order chi connectivity index (χ0) is 17.5. The largest absolute Gasteiger partial charge is 0.471 e. The number of rotatable bonds is 3. The molecular formula is C10H6BrF8NOS. The van der Waals surface area contributed by atoms with Crippen LogP contribution in [-0.4, -0.2) is 12.1 Å². The van der Waals surface area contributed by atoms with Gasteiger partial charge in [0, 0.05) is 5.69 Å². The Balaban J connectivity index is 3.44. The predicted octanol–water partition coefficient (Wildman–Crippen LogP) is 6.21. The highest BCUT2D eigenvalue weighted by atomic mass is 79.9. The Hall–Kier alpha value is -1.30. The maximum Gasteiger partial charge on any atom is 0.471 e. The molecule has 0 aliphatic rings. The number of hydrogen-bond acceptors (Lipinski definition) is 1. The molecule has 0 aliphatic heterocycles. The third-order valence-corrected chi connectivity index (χ3v) is 3.54. The van der Waals surface area contributed by atoms with E-state index in [0.717, 1.165) is 16.4 Å². The molecule has 0 fully saturated rings. The maximum absolute atomic E-state index is 12.7. The predicted molar refractivity (Wildman–Crippen MR) is 70.5 cm³/mol. The SMILES string of the molecule is O=C(Nc1cc(C=CBr)cc(S(F)(F)(F)(F)F)c1)C(F)(F)F. The number of carbonyl (C=O) groups is 1. The van der Waals surface area contributed by atoms with Gasteiger partial charge in [-0.15, -0.1) is 0 Å². The molecule has 1 rings (SSSR count). The summed E-state index contributed by atoms with van der Waals surface area (Å²) < 4.78 is 100.0. The Morgan fingerprint density at radius 3 is 2.05 bits per heavy atom. The number of anilines is 1. The summed E-state index contributed by atoms with van der Waals surface area (Å²) in [5.41, 5.74) is -1.55. The van der Waals surface area contributed by atoms with Gasteiger partial charge in [0.25, 0.3) is 0 Å². The fourth-order valence-electron chi connectivity index (χ4n) is 1.29. The van der Waals surface area contributed by atoms with E-state index >= 15 is 0 Å². The van der Waals surface area contributed by atoms with Crippen LogP contribution >= 0.6 is 26.2 Å². The topological polar surface area (TPSA) is 29.1 Å². The fraction of sp³-hybridized carbons (Fsp3) is 0.100. The number of hydrogen-bond donors (Lipinski definition) is 1. The fourth-order valence-corrected chi connectivity index (χ4v) is 2.30. The monoisotopic (exact) mass is 419 g/mol. The number of amides is 1. The van der Waals surface area contributed by atoms with Crippen molar-refractivity contribution in [3.05, 3.63) is 28.7 Å². The molecule has 0 aromatic heterocycles. The summed E-state index contributed by atoms with van der Waals surface area (Å²) in [6, 6.07) is 0.480. The summed E-state index contributed by atoms with van der Waals surface area (Å²) in [5, 5.41) is 1.10. The third kappa shape index (κ3) is 5.16. The molecule has 1 aromatic rings. The molecule has 0 atom stereocenters. The second-order valence-electron chi connectivity index (χ2n) is 4.00. The summed E-state index contributed by atoms with van der Waals surface area (Å²) in [6.07, 6.45) is -4.49. The quantitative estimate of drug-likeness (QED) is 0.579. The Bertz CT molecular complexity index is 637. The Labute approximate surface area is 127 Å². The second-order valence-corrected chi connectivity index (χ2v) is 6.94. The van der Waals surface area contributed by atoms with Crippen LogP contribution in [0.25, 0.3) is 6.08 Å². The van der Waals surface area contributed by atoms with Gasteiger partial charge in [0.1, 0.15) is 4.90 Å². The van der Waals surface area contributed by atoms with Crippen molar-refractivity contribution in [1.29, 1.82) is 0 Å². The van der Waals surface area contributed by atoms with Crippen LogP contribution in [-0.2, 0) is 4.79 Å². The molecular weight excluding hydrogens is 414 g/mol. The second kappa shape index (κ2) is 4.85. The van der Waals surface area contributed by atoms with E-state index in [-0.39, 0.29) is 12.1 Å². The van der Waals surface area contributed by atoms with E-state index in [1.54, 1.807) is 0 Å². The van der Waals surface area contributed by atoms with Crippen molar-refractivity contribution in [1.82, 2.24) is 0 Å². The summed E-state index contributed by atoms with van der Waals surface area (Å²) in [7, 11) is -10.1. The molecule has 0 heterocycles. The Kier molecular flexibility index (Phi) is 4.13. The van der Waals surface area contributed by atoms with Crippen LogP contribution in [0.15, 0.2) is 28.1 Å². The van der Waals surface area contributed by atoms with Crippen LogP contribution in [0.2, 0.25) is 0 Å². The average Bonchev–Trinajstić information content (AvgIpc) is 2.24. The summed E-state index contributed by atoms with van der Waals surface area (Å²) in [5.74, 6) is -2.58. The molecule has 0 saturated heterocycles. The molecule has 0 bridgehead atoms. The van der Waals surface area contributed by atoms with Crippen LogP contribution in [0, 0.1) is 0 Å². The summed E-state index contributed by atoms with van der Waals surface area (Å²) in [6.45, 7) is 0. The van der Waals surface area contributed by atoms with E-state index in [2.05, 4.69) is 15.9 Å². The normalized spacial score (nSPS) is 16.2. The molecule has 1 aromatic carbocycles. The Morgan fingerprint density at radius 1 is 1.09 bits per heavy atom. The van der Waals surface area contributed by atoms with Crippen molar-refractivity contribution in [2.24, 2.45) is 0 Å². The molecule has 1 amide bonds. The van der Waals surface area contributed by atoms with E-state index in [1.165, 1.54) is 0 Å². The number of benzene rings is 1. The van der Waals surface area contributed by atoms with Gasteiger partial charge in [0.05, 0.1) is 0 Å². The maximum atomic E-state index is 12.7. The Morgan fingerprint density at radius 2 is 1.64 bits per heavy atom. The number of halogens is 9. The summed E-state index contributed by atoms with van der Waals surface area (Å²) in [4.78, 5) is 9.29. The molecule has 0 saturated carbocycles. The molecule has 0 unspecified atom stereocenters. The van der Waals surface area contributed by atoms with Gasteiger partial charge in [0.15, 0.2) is 0 Å². The van der Waals surface area contributed by atoms with Crippen LogP contribution in [0.3, 0.4) is 0 Å². The van der Waals surface area contributed by atoms with Gasteiger partial charge in [-0.05, 0) is 34.8 Å². The number of carbonyl (C=O) groups excluding carboxylic acids is 1. The molecule has 22 heavy (non-hydrogen) atoms. The van der Waals surface area contributed by atoms with E-state index in [4.69, 9.17) is 0 Å². The van der Waals surface area contributed by atoms with Gasteiger partial charge in [0.2, 0.25) is 0 Å². The number of nitrogens with one attached hydrogen (secondary N) is 1. The number of alkyl halides is 3. The van der Waals surface area contributed by atoms with Gasteiger partial charge in [-0.3, -0.25) is 4.79 Å². The van der Waals surface area contributed by atoms with Crippen molar-refractivity contribution < 1.29 is 37.4 Å². The lowest BCUT2D eigenvalue weighted by Gasteiger charge is -2.40. The first-order valence-corrected chi connectivity index (χ1v) is 7.94. The smallest absolute Gasteiger partial charge is 0.318 e. The highest BCUT2D eigenvalue weighted by Crippen LogP contribution is 3.02. The average molecular weight is 420 g/mol. The minimum atomic E-state index is -10.1. The van der Waals surface area contributed by atoms with Gasteiger partial charge in [-0.1, -0.05) is 35.4 Å². The molecule has 0 radical (unpaired) electrons. The van der Waals surface area contributed by atoms with Crippen molar-refractivity contribution in [3.63, 3.8) is 0 Å². The zero-order valence-electron chi connectivity index (χ0n) is 10.1. The van der Waals surface area contributed by atoms with Crippen molar-refractivity contribution in [3.8, 4) is 0 Å². The molecule has 12 heteroatoms. The summed E-state index contributed by atoms with van der Waals surface area (Å²) >= 11 is 2.69. The van der Waals surface area contributed by atoms with Crippen molar-refractivity contribution >= 4 is 43.8 Å². The van der Waals surface area contributed by atoms with E-state index in [0.29, 0.717) is 6.07 Å². The highest BCUT2D eigenvalue weighted by molar-refractivity contribution is 9.11.